The summed E-state index contributed by atoms with van der Waals surface area (Å²) in [4.78, 5) is 0. The SMILES string of the molecule is CC(/C=C/CCCC#CC#CCCC/C=C/C(C)=N/N(C)C)=N\N(C)C. The zero-order valence-corrected chi connectivity index (χ0v) is 17.3. The molecule has 0 aromatic rings. The summed E-state index contributed by atoms with van der Waals surface area (Å²) < 4.78 is 0. The fraction of sp³-hybridized carbons (Fsp3) is 0.545. The van der Waals surface area contributed by atoms with Gasteiger partial charge in [-0.05, 0) is 63.5 Å². The Hall–Kier alpha value is -2.46. The average molecular weight is 355 g/mol. The molecule has 0 saturated carbocycles. The largest absolute Gasteiger partial charge is 0.303 e. The second-order valence-electron chi connectivity index (χ2n) is 6.37. The molecule has 0 aliphatic heterocycles. The van der Waals surface area contributed by atoms with Gasteiger partial charge in [-0.15, -0.1) is 0 Å². The maximum absolute atomic E-state index is 4.30. The molecular formula is C22H34N4. The lowest BCUT2D eigenvalue weighted by molar-refractivity contribution is 0.438. The molecule has 142 valence electrons. The Morgan fingerprint density at radius 1 is 0.731 bits per heavy atom. The monoisotopic (exact) mass is 354 g/mol. The minimum absolute atomic E-state index is 0.885. The van der Waals surface area contributed by atoms with Gasteiger partial charge in [-0.2, -0.15) is 10.2 Å². The Balaban J connectivity index is 3.79. The number of allylic oxidation sites excluding steroid dienone is 4. The van der Waals surface area contributed by atoms with Gasteiger partial charge in [0.25, 0.3) is 0 Å². The molecule has 0 fully saturated rings. The molecule has 4 heteroatoms. The molecule has 0 saturated heterocycles. The highest BCUT2D eigenvalue weighted by molar-refractivity contribution is 5.92. The standard InChI is InChI=1S/C22H34N4/c1-21(23-25(3)4)19-17-15-13-11-9-7-8-10-12-14-16-18-20-22(2)24-26(5)6/h17-20H,11-16H2,1-6H3/b19-17+,20-18+,23-21+,24-22+. The molecule has 0 aliphatic carbocycles. The van der Waals surface area contributed by atoms with Crippen molar-refractivity contribution < 1.29 is 0 Å². The quantitative estimate of drug-likeness (QED) is 0.253. The Labute approximate surface area is 160 Å². The van der Waals surface area contributed by atoms with Crippen LogP contribution in [0.1, 0.15) is 52.4 Å². The molecule has 0 spiro atoms. The minimum Gasteiger partial charge on any atom is -0.303 e. The number of hydrogen-bond acceptors (Lipinski definition) is 4. The smallest absolute Gasteiger partial charge is 0.0571 e. The van der Waals surface area contributed by atoms with E-state index < -0.39 is 0 Å². The number of hydrogen-bond donors (Lipinski definition) is 0. The predicted molar refractivity (Wildman–Crippen MR) is 115 cm³/mol. The van der Waals surface area contributed by atoms with Crippen molar-refractivity contribution in [3.05, 3.63) is 24.3 Å². The van der Waals surface area contributed by atoms with E-state index in [1.54, 1.807) is 10.0 Å². The highest BCUT2D eigenvalue weighted by atomic mass is 15.4. The molecular weight excluding hydrogens is 320 g/mol. The Morgan fingerprint density at radius 2 is 1.12 bits per heavy atom. The van der Waals surface area contributed by atoms with Gasteiger partial charge in [0.2, 0.25) is 0 Å². The van der Waals surface area contributed by atoms with E-state index in [1.165, 1.54) is 0 Å². The van der Waals surface area contributed by atoms with Gasteiger partial charge < -0.3 is 10.0 Å². The molecule has 0 N–H and O–H groups in total. The van der Waals surface area contributed by atoms with E-state index in [2.05, 4.69) is 58.2 Å². The van der Waals surface area contributed by atoms with Crippen LogP contribution in [0.2, 0.25) is 0 Å². The highest BCUT2D eigenvalue weighted by Gasteiger charge is 1.86. The van der Waals surface area contributed by atoms with Crippen molar-refractivity contribution in [3.8, 4) is 23.7 Å². The average Bonchev–Trinajstić information content (AvgIpc) is 2.53. The van der Waals surface area contributed by atoms with E-state index >= 15 is 0 Å². The van der Waals surface area contributed by atoms with Crippen LogP contribution in [0.4, 0.5) is 0 Å². The molecule has 0 aromatic heterocycles. The fourth-order valence-electron chi connectivity index (χ4n) is 2.04. The van der Waals surface area contributed by atoms with Crippen LogP contribution in [0.15, 0.2) is 34.5 Å². The van der Waals surface area contributed by atoms with Gasteiger partial charge in [0, 0.05) is 41.0 Å². The van der Waals surface area contributed by atoms with Crippen LogP contribution in [0.5, 0.6) is 0 Å². The fourth-order valence-corrected chi connectivity index (χ4v) is 2.04. The van der Waals surface area contributed by atoms with Gasteiger partial charge in [-0.1, -0.05) is 24.0 Å². The molecule has 0 heterocycles. The molecule has 26 heavy (non-hydrogen) atoms. The first kappa shape index (κ1) is 23.5. The van der Waals surface area contributed by atoms with Crippen LogP contribution in [0, 0.1) is 23.7 Å². The molecule has 0 unspecified atom stereocenters. The molecule has 0 aliphatic rings. The molecule has 0 aromatic carbocycles. The van der Waals surface area contributed by atoms with E-state index in [0.717, 1.165) is 49.9 Å². The van der Waals surface area contributed by atoms with Crippen LogP contribution >= 0.6 is 0 Å². The third-order valence-electron chi connectivity index (χ3n) is 3.02. The second kappa shape index (κ2) is 16.0. The molecule has 0 atom stereocenters. The summed E-state index contributed by atoms with van der Waals surface area (Å²) in [5.41, 5.74) is 2.03. The zero-order chi connectivity index (χ0) is 19.6. The number of rotatable bonds is 10. The first-order chi connectivity index (χ1) is 12.4. The molecule has 0 radical (unpaired) electrons. The van der Waals surface area contributed by atoms with Gasteiger partial charge in [-0.25, -0.2) is 0 Å². The molecule has 0 bridgehead atoms. The number of unbranched alkanes of at least 4 members (excludes halogenated alkanes) is 4. The summed E-state index contributed by atoms with van der Waals surface area (Å²) in [6.07, 6.45) is 14.3. The van der Waals surface area contributed by atoms with Gasteiger partial charge >= 0.3 is 0 Å². The number of nitrogens with zero attached hydrogens (tertiary/aromatic N) is 4. The maximum atomic E-state index is 4.30. The Bertz CT molecular complexity index is 558. The predicted octanol–water partition coefficient (Wildman–Crippen LogP) is 4.32. The van der Waals surface area contributed by atoms with Crippen LogP contribution in [-0.4, -0.2) is 49.6 Å². The summed E-state index contributed by atoms with van der Waals surface area (Å²) >= 11 is 0. The van der Waals surface area contributed by atoms with E-state index in [1.807, 2.05) is 42.0 Å². The van der Waals surface area contributed by atoms with Gasteiger partial charge in [0.15, 0.2) is 0 Å². The van der Waals surface area contributed by atoms with Crippen LogP contribution in [-0.2, 0) is 0 Å². The lowest BCUT2D eigenvalue weighted by Gasteiger charge is -2.03. The van der Waals surface area contributed by atoms with Crippen molar-refractivity contribution in [3.63, 3.8) is 0 Å². The van der Waals surface area contributed by atoms with E-state index in [9.17, 15) is 0 Å². The lowest BCUT2D eigenvalue weighted by Crippen LogP contribution is -2.04. The first-order valence-corrected chi connectivity index (χ1v) is 9.15. The van der Waals surface area contributed by atoms with Gasteiger partial charge in [0.05, 0.1) is 11.4 Å². The topological polar surface area (TPSA) is 31.2 Å². The summed E-state index contributed by atoms with van der Waals surface area (Å²) in [6.45, 7) is 4.00. The van der Waals surface area contributed by atoms with Crippen LogP contribution in [0.25, 0.3) is 0 Å². The van der Waals surface area contributed by atoms with Crippen molar-refractivity contribution in [2.45, 2.75) is 52.4 Å². The number of hydrazone groups is 2. The van der Waals surface area contributed by atoms with Crippen molar-refractivity contribution in [1.29, 1.82) is 0 Å². The zero-order valence-electron chi connectivity index (χ0n) is 17.3. The van der Waals surface area contributed by atoms with E-state index in [0.29, 0.717) is 0 Å². The minimum atomic E-state index is 0.885. The van der Waals surface area contributed by atoms with E-state index in [-0.39, 0.29) is 0 Å². The molecule has 0 amide bonds. The van der Waals surface area contributed by atoms with Crippen molar-refractivity contribution in [2.75, 3.05) is 28.2 Å². The summed E-state index contributed by atoms with van der Waals surface area (Å²) in [6, 6.07) is 0. The summed E-state index contributed by atoms with van der Waals surface area (Å²) in [5.74, 6) is 12.1. The van der Waals surface area contributed by atoms with Gasteiger partial charge in [0.1, 0.15) is 0 Å². The molecule has 4 nitrogen and oxygen atoms in total. The third-order valence-corrected chi connectivity index (χ3v) is 3.02. The summed E-state index contributed by atoms with van der Waals surface area (Å²) in [7, 11) is 7.69. The van der Waals surface area contributed by atoms with Crippen molar-refractivity contribution in [1.82, 2.24) is 10.0 Å². The Kier molecular flexibility index (Phi) is 14.5. The lowest BCUT2D eigenvalue weighted by atomic mass is 10.2. The van der Waals surface area contributed by atoms with E-state index in [4.69, 9.17) is 0 Å². The summed E-state index contributed by atoms with van der Waals surface area (Å²) in [5, 5.41) is 12.2. The van der Waals surface area contributed by atoms with Gasteiger partial charge in [-0.3, -0.25) is 0 Å². The molecule has 0 rings (SSSR count). The normalized spacial score (nSPS) is 11.9. The van der Waals surface area contributed by atoms with Crippen LogP contribution in [0.3, 0.4) is 0 Å². The third kappa shape index (κ3) is 17.9. The maximum Gasteiger partial charge on any atom is 0.0571 e. The van der Waals surface area contributed by atoms with Crippen molar-refractivity contribution >= 4 is 11.4 Å². The Morgan fingerprint density at radius 3 is 1.46 bits per heavy atom. The first-order valence-electron chi connectivity index (χ1n) is 9.15. The second-order valence-corrected chi connectivity index (χ2v) is 6.37. The highest BCUT2D eigenvalue weighted by Crippen LogP contribution is 1.97. The van der Waals surface area contributed by atoms with Crippen molar-refractivity contribution in [2.24, 2.45) is 10.2 Å². The van der Waals surface area contributed by atoms with Crippen LogP contribution < -0.4 is 0 Å².